The van der Waals surface area contributed by atoms with Crippen LogP contribution in [0.25, 0.3) is 108 Å². The molecule has 0 amide bonds. The molecule has 12 rings (SSSR count). The summed E-state index contributed by atoms with van der Waals surface area (Å²) in [5.41, 5.74) is 13.1. The summed E-state index contributed by atoms with van der Waals surface area (Å²) in [5.74, 6) is 0. The van der Waals surface area contributed by atoms with Crippen molar-refractivity contribution in [3.05, 3.63) is 193 Å². The molecule has 0 nitrogen and oxygen atoms in total. The first-order valence-electron chi connectivity index (χ1n) is 19.6. The van der Waals surface area contributed by atoms with Gasteiger partial charge in [0.15, 0.2) is 0 Å². The number of hydrogen-bond donors (Lipinski definition) is 0. The third-order valence-electron chi connectivity index (χ3n) is 12.6. The number of fused-ring (bicyclic) bond motifs is 12. The first-order valence-corrected chi connectivity index (χ1v) is 20.4. The maximum absolute atomic E-state index is 2.47. The molecule has 0 spiro atoms. The number of benzene rings is 10. The average molecular weight is 729 g/mol. The lowest BCUT2D eigenvalue weighted by molar-refractivity contribution is 0.667. The summed E-state index contributed by atoms with van der Waals surface area (Å²) in [4.78, 5) is 0. The van der Waals surface area contributed by atoms with E-state index in [-0.39, 0.29) is 5.41 Å². The van der Waals surface area contributed by atoms with Crippen molar-refractivity contribution in [1.29, 1.82) is 0 Å². The van der Waals surface area contributed by atoms with Crippen molar-refractivity contribution in [2.24, 2.45) is 0 Å². The van der Waals surface area contributed by atoms with Gasteiger partial charge in [-0.25, -0.2) is 0 Å². The van der Waals surface area contributed by atoms with Crippen LogP contribution in [0.2, 0.25) is 0 Å². The molecule has 0 radical (unpaired) electrons. The van der Waals surface area contributed by atoms with Gasteiger partial charge in [0.1, 0.15) is 0 Å². The first-order chi connectivity index (χ1) is 27.6. The zero-order chi connectivity index (χ0) is 37.1. The molecule has 0 saturated carbocycles. The van der Waals surface area contributed by atoms with Crippen LogP contribution in [0, 0.1) is 0 Å². The fraction of sp³-hybridized carbons (Fsp3) is 0.0545. The lowest BCUT2D eigenvalue weighted by Crippen LogP contribution is -2.15. The minimum atomic E-state index is -0.112. The van der Waals surface area contributed by atoms with E-state index in [4.69, 9.17) is 0 Å². The van der Waals surface area contributed by atoms with Crippen LogP contribution in [0.15, 0.2) is 182 Å². The minimum absolute atomic E-state index is 0.112. The molecule has 11 aromatic rings. The lowest BCUT2D eigenvalue weighted by Gasteiger charge is -2.22. The van der Waals surface area contributed by atoms with Crippen LogP contribution in [-0.2, 0) is 5.41 Å². The zero-order valence-corrected chi connectivity index (χ0v) is 32.0. The van der Waals surface area contributed by atoms with Gasteiger partial charge in [-0.3, -0.25) is 0 Å². The van der Waals surface area contributed by atoms with E-state index < -0.39 is 0 Å². The third kappa shape index (κ3) is 4.35. The van der Waals surface area contributed by atoms with Gasteiger partial charge in [-0.2, -0.15) is 0 Å². The van der Waals surface area contributed by atoms with Gasteiger partial charge in [0.2, 0.25) is 0 Å². The Morgan fingerprint density at radius 2 is 0.875 bits per heavy atom. The van der Waals surface area contributed by atoms with Crippen LogP contribution >= 0.6 is 11.3 Å². The highest BCUT2D eigenvalue weighted by Crippen LogP contribution is 2.55. The summed E-state index contributed by atoms with van der Waals surface area (Å²) in [6.07, 6.45) is 0. The normalized spacial score (nSPS) is 13.3. The average Bonchev–Trinajstić information content (AvgIpc) is 3.74. The molecule has 1 heterocycles. The largest absolute Gasteiger partial charge is 0.134 e. The second-order valence-corrected chi connectivity index (χ2v) is 16.9. The molecular formula is C55H36S. The molecule has 0 unspecified atom stereocenters. The predicted molar refractivity (Wildman–Crippen MR) is 243 cm³/mol. The lowest BCUT2D eigenvalue weighted by atomic mass is 9.81. The van der Waals surface area contributed by atoms with E-state index >= 15 is 0 Å². The molecule has 1 heteroatoms. The SMILES string of the molecule is CC1(C)c2ccc(-c3ccc(-c4c5ccccc5c(-c5ccccc5)c5ccccc45)c4ccccc34)cc2-c2ccc3c(sc4c5ccccc5ccc34)c21. The minimum Gasteiger partial charge on any atom is -0.134 e. The summed E-state index contributed by atoms with van der Waals surface area (Å²) in [7, 11) is 0. The van der Waals surface area contributed by atoms with Crippen LogP contribution < -0.4 is 0 Å². The summed E-state index contributed by atoms with van der Waals surface area (Å²) in [6.45, 7) is 4.84. The van der Waals surface area contributed by atoms with E-state index in [2.05, 4.69) is 196 Å². The molecule has 262 valence electrons. The Kier molecular flexibility index (Phi) is 6.66. The van der Waals surface area contributed by atoms with Gasteiger partial charge in [0.25, 0.3) is 0 Å². The van der Waals surface area contributed by atoms with Crippen molar-refractivity contribution in [3.8, 4) is 44.5 Å². The second kappa shape index (κ2) is 11.7. The Morgan fingerprint density at radius 1 is 0.339 bits per heavy atom. The Balaban J connectivity index is 1.06. The third-order valence-corrected chi connectivity index (χ3v) is 13.9. The van der Waals surface area contributed by atoms with Gasteiger partial charge in [-0.05, 0) is 105 Å². The number of rotatable bonds is 3. The molecule has 0 N–H and O–H groups in total. The van der Waals surface area contributed by atoms with E-state index in [9.17, 15) is 0 Å². The van der Waals surface area contributed by atoms with E-state index in [1.165, 1.54) is 119 Å². The Hall–Kier alpha value is -6.54. The van der Waals surface area contributed by atoms with Crippen molar-refractivity contribution >= 4 is 74.6 Å². The Morgan fingerprint density at radius 3 is 1.59 bits per heavy atom. The number of thiophene rings is 1. The van der Waals surface area contributed by atoms with Gasteiger partial charge < -0.3 is 0 Å². The van der Waals surface area contributed by atoms with Gasteiger partial charge in [0, 0.05) is 25.6 Å². The van der Waals surface area contributed by atoms with Crippen LogP contribution in [0.1, 0.15) is 25.0 Å². The van der Waals surface area contributed by atoms with Gasteiger partial charge in [-0.1, -0.05) is 190 Å². The molecule has 0 bridgehead atoms. The summed E-state index contributed by atoms with van der Waals surface area (Å²) < 4.78 is 2.81. The predicted octanol–water partition coefficient (Wildman–Crippen LogP) is 16.0. The fourth-order valence-electron chi connectivity index (χ4n) is 10.1. The highest BCUT2D eigenvalue weighted by molar-refractivity contribution is 7.27. The molecule has 1 aromatic heterocycles. The highest BCUT2D eigenvalue weighted by atomic mass is 32.1. The summed E-state index contributed by atoms with van der Waals surface area (Å²) >= 11 is 1.97. The van der Waals surface area contributed by atoms with Crippen molar-refractivity contribution in [1.82, 2.24) is 0 Å². The van der Waals surface area contributed by atoms with Crippen LogP contribution in [0.3, 0.4) is 0 Å². The van der Waals surface area contributed by atoms with Gasteiger partial charge >= 0.3 is 0 Å². The topological polar surface area (TPSA) is 0 Å². The standard InChI is InChI=1S/C55H36S/c1-55(2)49-31-25-35(32-48(49)45-29-30-47-46-26-24-33-14-6-7-17-37(33)53(46)56-54(47)52(45)55)36-27-28-44(39-19-9-8-18-38(36)39)51-42-22-12-10-20-40(42)50(34-15-4-3-5-16-34)41-21-11-13-23-43(41)51/h3-32H,1-2H3. The van der Waals surface area contributed by atoms with E-state index in [1.807, 2.05) is 11.3 Å². The van der Waals surface area contributed by atoms with Crippen molar-refractivity contribution in [3.63, 3.8) is 0 Å². The summed E-state index contributed by atoms with van der Waals surface area (Å²) in [5, 5.41) is 13.0. The van der Waals surface area contributed by atoms with Gasteiger partial charge in [0.05, 0.1) is 0 Å². The molecule has 0 aliphatic heterocycles. The van der Waals surface area contributed by atoms with Crippen molar-refractivity contribution in [2.75, 3.05) is 0 Å². The maximum Gasteiger partial charge on any atom is 0.0433 e. The first kappa shape index (κ1) is 31.8. The van der Waals surface area contributed by atoms with Crippen molar-refractivity contribution < 1.29 is 0 Å². The fourth-order valence-corrected chi connectivity index (χ4v) is 11.7. The maximum atomic E-state index is 2.47. The molecule has 10 aromatic carbocycles. The molecule has 1 aliphatic rings. The smallest absolute Gasteiger partial charge is 0.0433 e. The van der Waals surface area contributed by atoms with E-state index in [0.717, 1.165) is 0 Å². The highest BCUT2D eigenvalue weighted by Gasteiger charge is 2.38. The van der Waals surface area contributed by atoms with Crippen LogP contribution in [0.5, 0.6) is 0 Å². The zero-order valence-electron chi connectivity index (χ0n) is 31.2. The molecule has 56 heavy (non-hydrogen) atoms. The molecule has 0 atom stereocenters. The molecule has 0 fully saturated rings. The quantitative estimate of drug-likeness (QED) is 0.159. The van der Waals surface area contributed by atoms with E-state index in [0.29, 0.717) is 0 Å². The van der Waals surface area contributed by atoms with Crippen LogP contribution in [-0.4, -0.2) is 0 Å². The monoisotopic (exact) mass is 728 g/mol. The Bertz CT molecular complexity index is 3380. The number of hydrogen-bond acceptors (Lipinski definition) is 1. The summed E-state index contributed by atoms with van der Waals surface area (Å²) in [6, 6.07) is 68.0. The molecule has 0 saturated heterocycles. The van der Waals surface area contributed by atoms with Crippen molar-refractivity contribution in [2.45, 2.75) is 19.3 Å². The molecular weight excluding hydrogens is 693 g/mol. The molecule has 1 aliphatic carbocycles. The second-order valence-electron chi connectivity index (χ2n) is 15.9. The van der Waals surface area contributed by atoms with E-state index in [1.54, 1.807) is 0 Å². The Labute approximate surface area is 329 Å². The van der Waals surface area contributed by atoms with Crippen LogP contribution in [0.4, 0.5) is 0 Å². The van der Waals surface area contributed by atoms with Gasteiger partial charge in [-0.15, -0.1) is 11.3 Å².